The lowest BCUT2D eigenvalue weighted by Crippen LogP contribution is -2.04. The van der Waals surface area contributed by atoms with Gasteiger partial charge >= 0.3 is 0 Å². The van der Waals surface area contributed by atoms with Gasteiger partial charge in [-0.2, -0.15) is 0 Å². The van der Waals surface area contributed by atoms with E-state index in [1.807, 2.05) is 24.3 Å². The molecule has 2 rings (SSSR count). The predicted molar refractivity (Wildman–Crippen MR) is 86.7 cm³/mol. The number of aliphatic hydroxyl groups excluding tert-OH is 1. The van der Waals surface area contributed by atoms with Crippen molar-refractivity contribution in [1.82, 2.24) is 0 Å². The highest BCUT2D eigenvalue weighted by atomic mass is 127. The van der Waals surface area contributed by atoms with Crippen molar-refractivity contribution in [2.45, 2.75) is 19.4 Å². The average Bonchev–Trinajstić information content (AvgIpc) is 2.32. The first-order chi connectivity index (χ1) is 8.56. The van der Waals surface area contributed by atoms with E-state index in [1.165, 1.54) is 11.1 Å². The van der Waals surface area contributed by atoms with Crippen LogP contribution in [0, 0.1) is 10.5 Å². The smallest absolute Gasteiger partial charge is 0.0840 e. The van der Waals surface area contributed by atoms with Crippen LogP contribution in [0.1, 0.15) is 22.8 Å². The topological polar surface area (TPSA) is 20.2 Å². The molecule has 0 aromatic heterocycles. The molecule has 2 aromatic carbocycles. The lowest BCUT2D eigenvalue weighted by atomic mass is 10.0. The van der Waals surface area contributed by atoms with Crippen LogP contribution in [0.5, 0.6) is 0 Å². The fourth-order valence-electron chi connectivity index (χ4n) is 1.94. The Labute approximate surface area is 130 Å². The summed E-state index contributed by atoms with van der Waals surface area (Å²) in [6, 6.07) is 14.3. The highest BCUT2D eigenvalue weighted by Crippen LogP contribution is 2.26. The van der Waals surface area contributed by atoms with Crippen LogP contribution in [0.2, 0.25) is 0 Å². The SMILES string of the molecule is Cc1cccc(CC(O)c2cc(Br)ccc2I)c1. The Hall–Kier alpha value is -0.390. The van der Waals surface area contributed by atoms with E-state index in [1.54, 1.807) is 0 Å². The summed E-state index contributed by atoms with van der Waals surface area (Å²) in [7, 11) is 0. The maximum atomic E-state index is 10.3. The quantitative estimate of drug-likeness (QED) is 0.722. The molecule has 94 valence electrons. The monoisotopic (exact) mass is 416 g/mol. The molecule has 0 bridgehead atoms. The lowest BCUT2D eigenvalue weighted by molar-refractivity contribution is 0.177. The molecule has 2 aromatic rings. The van der Waals surface area contributed by atoms with E-state index in [-0.39, 0.29) is 0 Å². The van der Waals surface area contributed by atoms with Gasteiger partial charge in [-0.3, -0.25) is 0 Å². The van der Waals surface area contributed by atoms with Crippen LogP contribution < -0.4 is 0 Å². The molecule has 1 unspecified atom stereocenters. The third kappa shape index (κ3) is 3.56. The molecule has 1 nitrogen and oxygen atoms in total. The standard InChI is InChI=1S/C15H14BrIO/c1-10-3-2-4-11(7-10)8-15(18)13-9-12(16)5-6-14(13)17/h2-7,9,15,18H,8H2,1H3. The molecule has 1 N–H and O–H groups in total. The van der Waals surface area contributed by atoms with Gasteiger partial charge < -0.3 is 5.11 Å². The summed E-state index contributed by atoms with van der Waals surface area (Å²) in [5.74, 6) is 0. The van der Waals surface area contributed by atoms with Gasteiger partial charge in [0.1, 0.15) is 0 Å². The Bertz CT molecular complexity index is 554. The minimum Gasteiger partial charge on any atom is -0.388 e. The summed E-state index contributed by atoms with van der Waals surface area (Å²) in [4.78, 5) is 0. The van der Waals surface area contributed by atoms with Gasteiger partial charge in [0.15, 0.2) is 0 Å². The molecular formula is C15H14BrIO. The van der Waals surface area contributed by atoms with Gasteiger partial charge in [0.05, 0.1) is 6.10 Å². The van der Waals surface area contributed by atoms with Gasteiger partial charge in [-0.1, -0.05) is 45.8 Å². The zero-order valence-electron chi connectivity index (χ0n) is 10.0. The second-order valence-electron chi connectivity index (χ2n) is 4.37. The molecule has 0 radical (unpaired) electrons. The van der Waals surface area contributed by atoms with E-state index >= 15 is 0 Å². The summed E-state index contributed by atoms with van der Waals surface area (Å²) in [6.07, 6.45) is 0.185. The predicted octanol–water partition coefficient (Wildman–Crippen LogP) is 4.64. The van der Waals surface area contributed by atoms with Crippen molar-refractivity contribution in [3.8, 4) is 0 Å². The molecular weight excluding hydrogens is 403 g/mol. The fourth-order valence-corrected chi connectivity index (χ4v) is 3.02. The van der Waals surface area contributed by atoms with Gasteiger partial charge in [-0.15, -0.1) is 0 Å². The third-order valence-electron chi connectivity index (χ3n) is 2.83. The number of halogens is 2. The number of aryl methyl sites for hydroxylation is 1. The van der Waals surface area contributed by atoms with Crippen molar-refractivity contribution in [1.29, 1.82) is 0 Å². The molecule has 0 spiro atoms. The lowest BCUT2D eigenvalue weighted by Gasteiger charge is -2.14. The van der Waals surface area contributed by atoms with Crippen molar-refractivity contribution in [2.75, 3.05) is 0 Å². The fraction of sp³-hybridized carbons (Fsp3) is 0.200. The Morgan fingerprint density at radius 1 is 1.22 bits per heavy atom. The van der Waals surface area contributed by atoms with Crippen molar-refractivity contribution < 1.29 is 5.11 Å². The molecule has 0 fully saturated rings. The van der Waals surface area contributed by atoms with Crippen LogP contribution in [0.25, 0.3) is 0 Å². The third-order valence-corrected chi connectivity index (χ3v) is 4.30. The summed E-state index contributed by atoms with van der Waals surface area (Å²) in [6.45, 7) is 2.07. The molecule has 3 heteroatoms. The van der Waals surface area contributed by atoms with E-state index in [0.717, 1.165) is 13.6 Å². The Balaban J connectivity index is 2.21. The van der Waals surface area contributed by atoms with Crippen LogP contribution in [-0.2, 0) is 6.42 Å². The summed E-state index contributed by atoms with van der Waals surface area (Å²) >= 11 is 5.71. The van der Waals surface area contributed by atoms with E-state index in [2.05, 4.69) is 63.6 Å². The normalized spacial score (nSPS) is 12.4. The number of benzene rings is 2. The number of rotatable bonds is 3. The van der Waals surface area contributed by atoms with E-state index in [0.29, 0.717) is 6.42 Å². The highest BCUT2D eigenvalue weighted by molar-refractivity contribution is 14.1. The Morgan fingerprint density at radius 2 is 2.00 bits per heavy atom. The zero-order valence-corrected chi connectivity index (χ0v) is 13.8. The van der Waals surface area contributed by atoms with Gasteiger partial charge in [-0.05, 0) is 58.8 Å². The van der Waals surface area contributed by atoms with E-state index in [4.69, 9.17) is 0 Å². The van der Waals surface area contributed by atoms with Gasteiger partial charge in [0.25, 0.3) is 0 Å². The van der Waals surface area contributed by atoms with Crippen molar-refractivity contribution in [2.24, 2.45) is 0 Å². The molecule has 0 saturated heterocycles. The molecule has 0 saturated carbocycles. The highest BCUT2D eigenvalue weighted by Gasteiger charge is 2.12. The van der Waals surface area contributed by atoms with Crippen LogP contribution in [0.4, 0.5) is 0 Å². The van der Waals surface area contributed by atoms with Crippen LogP contribution in [0.3, 0.4) is 0 Å². The molecule has 0 aliphatic carbocycles. The summed E-state index contributed by atoms with van der Waals surface area (Å²) in [5, 5.41) is 10.3. The van der Waals surface area contributed by atoms with Gasteiger partial charge in [0.2, 0.25) is 0 Å². The van der Waals surface area contributed by atoms with Gasteiger partial charge in [-0.25, -0.2) is 0 Å². The first-order valence-corrected chi connectivity index (χ1v) is 7.62. The van der Waals surface area contributed by atoms with Crippen LogP contribution >= 0.6 is 38.5 Å². The molecule has 0 heterocycles. The Morgan fingerprint density at radius 3 is 2.72 bits per heavy atom. The van der Waals surface area contributed by atoms with Crippen molar-refractivity contribution >= 4 is 38.5 Å². The largest absolute Gasteiger partial charge is 0.388 e. The van der Waals surface area contributed by atoms with Crippen LogP contribution in [0.15, 0.2) is 46.9 Å². The maximum Gasteiger partial charge on any atom is 0.0840 e. The summed E-state index contributed by atoms with van der Waals surface area (Å²) in [5.41, 5.74) is 3.37. The number of aliphatic hydroxyl groups is 1. The molecule has 0 amide bonds. The molecule has 1 atom stereocenters. The molecule has 0 aliphatic rings. The second kappa shape index (κ2) is 6.17. The first-order valence-electron chi connectivity index (χ1n) is 5.75. The maximum absolute atomic E-state index is 10.3. The van der Waals surface area contributed by atoms with Gasteiger partial charge in [0, 0.05) is 14.5 Å². The second-order valence-corrected chi connectivity index (χ2v) is 6.45. The van der Waals surface area contributed by atoms with E-state index < -0.39 is 6.10 Å². The zero-order chi connectivity index (χ0) is 13.1. The van der Waals surface area contributed by atoms with Crippen molar-refractivity contribution in [3.05, 3.63) is 67.2 Å². The van der Waals surface area contributed by atoms with Crippen LogP contribution in [-0.4, -0.2) is 5.11 Å². The van der Waals surface area contributed by atoms with Crippen molar-refractivity contribution in [3.63, 3.8) is 0 Å². The number of hydrogen-bond donors (Lipinski definition) is 1. The summed E-state index contributed by atoms with van der Waals surface area (Å²) < 4.78 is 2.09. The number of hydrogen-bond acceptors (Lipinski definition) is 1. The first kappa shape index (κ1) is 14.0. The Kier molecular flexibility index (Phi) is 4.81. The minimum atomic E-state index is -0.462. The minimum absolute atomic E-state index is 0.462. The molecule has 18 heavy (non-hydrogen) atoms. The van der Waals surface area contributed by atoms with E-state index in [9.17, 15) is 5.11 Å². The average molecular weight is 417 g/mol. The molecule has 0 aliphatic heterocycles.